The van der Waals surface area contributed by atoms with Gasteiger partial charge in [0, 0.05) is 5.02 Å². The van der Waals surface area contributed by atoms with Crippen LogP contribution >= 0.6 is 11.6 Å². The van der Waals surface area contributed by atoms with Gasteiger partial charge in [0.1, 0.15) is 5.75 Å². The molecule has 1 aromatic rings. The minimum Gasteiger partial charge on any atom is -0.496 e. The molecule has 20 heavy (non-hydrogen) atoms. The van der Waals surface area contributed by atoms with E-state index in [-0.39, 0.29) is 18.2 Å². The smallest absolute Gasteiger partial charge is 0.303 e. The van der Waals surface area contributed by atoms with Gasteiger partial charge >= 0.3 is 5.97 Å². The first kappa shape index (κ1) is 16.3. The summed E-state index contributed by atoms with van der Waals surface area (Å²) in [5.74, 6) is 0.0505. The summed E-state index contributed by atoms with van der Waals surface area (Å²) in [7, 11) is 1.61. The lowest BCUT2D eigenvalue weighted by atomic mass is 9.93. The van der Waals surface area contributed by atoms with E-state index in [0.717, 1.165) is 30.6 Å². The average Bonchev–Trinajstić information content (AvgIpc) is 3.09. The number of hydrogen-bond donors (Lipinski definition) is 2. The second kappa shape index (κ2) is 7.14. The molecule has 1 amide bonds. The normalized spacial score (nSPS) is 14.7. The van der Waals surface area contributed by atoms with E-state index in [2.05, 4.69) is 5.73 Å². The number of hydrogen-bond acceptors (Lipinski definition) is 3. The van der Waals surface area contributed by atoms with Crippen LogP contribution in [0.3, 0.4) is 0 Å². The molecular weight excluding hydrogens is 282 g/mol. The number of amides is 1. The molecular formula is C14H18ClNO4. The van der Waals surface area contributed by atoms with Gasteiger partial charge in [-0.3, -0.25) is 9.59 Å². The molecule has 0 aliphatic heterocycles. The van der Waals surface area contributed by atoms with Crippen LogP contribution in [-0.4, -0.2) is 24.6 Å². The van der Waals surface area contributed by atoms with Crippen molar-refractivity contribution in [3.8, 4) is 5.75 Å². The van der Waals surface area contributed by atoms with Crippen molar-refractivity contribution >= 4 is 24.0 Å². The molecule has 0 radical (unpaired) electrons. The standard InChI is InChI=1S/C13H15ClO3.CH3NO/c1-17-11-3-2-10(14)6-9(11)7-13(4-5-13)8-12(15)16;2-1-3/h2-3,6H,4-5,7-8H2,1H3,(H,15,16);1H,(H2,2,3). The number of aliphatic carboxylic acids is 1. The molecule has 0 saturated heterocycles. The summed E-state index contributed by atoms with van der Waals surface area (Å²) in [6.07, 6.45) is 3.13. The maximum Gasteiger partial charge on any atom is 0.303 e. The molecule has 0 heterocycles. The molecule has 1 fully saturated rings. The van der Waals surface area contributed by atoms with E-state index in [1.54, 1.807) is 13.2 Å². The average molecular weight is 300 g/mol. The molecule has 0 aromatic heterocycles. The molecule has 1 aliphatic carbocycles. The minimum absolute atomic E-state index is 0.0796. The van der Waals surface area contributed by atoms with Crippen LogP contribution in [0.4, 0.5) is 0 Å². The van der Waals surface area contributed by atoms with Crippen molar-refractivity contribution in [2.45, 2.75) is 25.7 Å². The summed E-state index contributed by atoms with van der Waals surface area (Å²) in [5.41, 5.74) is 5.09. The third kappa shape index (κ3) is 4.74. The van der Waals surface area contributed by atoms with Crippen molar-refractivity contribution in [1.29, 1.82) is 0 Å². The number of primary amides is 1. The number of carboxylic acids is 1. The molecule has 6 heteroatoms. The Kier molecular flexibility index (Phi) is 5.82. The fraction of sp³-hybridized carbons (Fsp3) is 0.429. The van der Waals surface area contributed by atoms with Gasteiger partial charge in [0.05, 0.1) is 13.5 Å². The van der Waals surface area contributed by atoms with Crippen LogP contribution < -0.4 is 10.5 Å². The van der Waals surface area contributed by atoms with Gasteiger partial charge in [0.2, 0.25) is 6.41 Å². The predicted molar refractivity (Wildman–Crippen MR) is 75.9 cm³/mol. The monoisotopic (exact) mass is 299 g/mol. The number of halogens is 1. The van der Waals surface area contributed by atoms with Crippen molar-refractivity contribution in [3.05, 3.63) is 28.8 Å². The molecule has 3 N–H and O–H groups in total. The number of carbonyl (C=O) groups is 2. The number of rotatable bonds is 5. The summed E-state index contributed by atoms with van der Waals surface area (Å²) in [4.78, 5) is 19.4. The fourth-order valence-electron chi connectivity index (χ4n) is 2.20. The first-order chi connectivity index (χ1) is 9.46. The molecule has 110 valence electrons. The lowest BCUT2D eigenvalue weighted by molar-refractivity contribution is -0.138. The number of carboxylic acid groups (broad SMARTS) is 1. The molecule has 1 aliphatic rings. The van der Waals surface area contributed by atoms with Gasteiger partial charge in [-0.2, -0.15) is 0 Å². The molecule has 0 unspecified atom stereocenters. The van der Waals surface area contributed by atoms with E-state index >= 15 is 0 Å². The van der Waals surface area contributed by atoms with E-state index in [1.807, 2.05) is 12.1 Å². The van der Waals surface area contributed by atoms with Crippen LogP contribution in [0.2, 0.25) is 5.02 Å². The largest absolute Gasteiger partial charge is 0.496 e. The number of benzene rings is 1. The Hall–Kier alpha value is -1.75. The quantitative estimate of drug-likeness (QED) is 0.816. The number of nitrogens with two attached hydrogens (primary N) is 1. The summed E-state index contributed by atoms with van der Waals surface area (Å²) < 4.78 is 5.27. The third-order valence-corrected chi connectivity index (χ3v) is 3.53. The van der Waals surface area contributed by atoms with E-state index in [0.29, 0.717) is 5.02 Å². The number of carbonyl (C=O) groups excluding carboxylic acids is 1. The second-order valence-electron chi connectivity index (χ2n) is 4.84. The van der Waals surface area contributed by atoms with Crippen LogP contribution in [0.25, 0.3) is 0 Å². The Balaban J connectivity index is 0.000000612. The molecule has 0 atom stereocenters. The summed E-state index contributed by atoms with van der Waals surface area (Å²) in [5, 5.41) is 9.55. The summed E-state index contributed by atoms with van der Waals surface area (Å²) in [6, 6.07) is 5.47. The zero-order valence-electron chi connectivity index (χ0n) is 11.3. The zero-order valence-corrected chi connectivity index (χ0v) is 12.0. The Bertz CT molecular complexity index is 486. The molecule has 5 nitrogen and oxygen atoms in total. The highest BCUT2D eigenvalue weighted by molar-refractivity contribution is 6.30. The van der Waals surface area contributed by atoms with Gasteiger partial charge in [-0.1, -0.05) is 11.6 Å². The highest BCUT2D eigenvalue weighted by Crippen LogP contribution is 2.52. The van der Waals surface area contributed by atoms with E-state index < -0.39 is 5.97 Å². The third-order valence-electron chi connectivity index (χ3n) is 3.29. The topological polar surface area (TPSA) is 89.6 Å². The Labute approximate surface area is 122 Å². The zero-order chi connectivity index (χ0) is 15.2. The number of ether oxygens (including phenoxy) is 1. The van der Waals surface area contributed by atoms with Gasteiger partial charge in [0.25, 0.3) is 0 Å². The maximum atomic E-state index is 10.8. The van der Waals surface area contributed by atoms with Crippen molar-refractivity contribution < 1.29 is 19.4 Å². The van der Waals surface area contributed by atoms with Crippen LogP contribution in [-0.2, 0) is 16.0 Å². The lowest BCUT2D eigenvalue weighted by Gasteiger charge is -2.15. The van der Waals surface area contributed by atoms with Crippen LogP contribution in [0.1, 0.15) is 24.8 Å². The van der Waals surface area contributed by atoms with Crippen molar-refractivity contribution in [3.63, 3.8) is 0 Å². The Morgan fingerprint density at radius 3 is 2.60 bits per heavy atom. The van der Waals surface area contributed by atoms with Gasteiger partial charge < -0.3 is 15.6 Å². The fourth-order valence-corrected chi connectivity index (χ4v) is 2.40. The van der Waals surface area contributed by atoms with Crippen molar-refractivity contribution in [2.75, 3.05) is 7.11 Å². The molecule has 0 bridgehead atoms. The van der Waals surface area contributed by atoms with E-state index in [1.165, 1.54) is 0 Å². The van der Waals surface area contributed by atoms with Crippen LogP contribution in [0, 0.1) is 5.41 Å². The molecule has 1 aromatic carbocycles. The highest BCUT2D eigenvalue weighted by Gasteiger charge is 2.44. The van der Waals surface area contributed by atoms with Gasteiger partial charge in [-0.05, 0) is 48.4 Å². The first-order valence-electron chi connectivity index (χ1n) is 6.16. The van der Waals surface area contributed by atoms with Crippen LogP contribution in [0.15, 0.2) is 18.2 Å². The highest BCUT2D eigenvalue weighted by atomic mass is 35.5. The maximum absolute atomic E-state index is 10.8. The SMILES string of the molecule is COc1ccc(Cl)cc1CC1(CC(=O)O)CC1.NC=O. The van der Waals surface area contributed by atoms with E-state index in [4.69, 9.17) is 26.2 Å². The van der Waals surface area contributed by atoms with Gasteiger partial charge in [-0.25, -0.2) is 0 Å². The Morgan fingerprint density at radius 1 is 1.55 bits per heavy atom. The predicted octanol–water partition coefficient (Wildman–Crippen LogP) is 2.25. The van der Waals surface area contributed by atoms with Gasteiger partial charge in [0.15, 0.2) is 0 Å². The molecule has 1 saturated carbocycles. The van der Waals surface area contributed by atoms with E-state index in [9.17, 15) is 4.79 Å². The summed E-state index contributed by atoms with van der Waals surface area (Å²) in [6.45, 7) is 0. The lowest BCUT2D eigenvalue weighted by Crippen LogP contribution is -2.12. The van der Waals surface area contributed by atoms with Crippen molar-refractivity contribution in [2.24, 2.45) is 11.1 Å². The first-order valence-corrected chi connectivity index (χ1v) is 6.54. The minimum atomic E-state index is -0.733. The molecule has 0 spiro atoms. The number of methoxy groups -OCH3 is 1. The Morgan fingerprint density at radius 2 is 2.15 bits per heavy atom. The molecule has 2 rings (SSSR count). The summed E-state index contributed by atoms with van der Waals surface area (Å²) >= 11 is 5.96. The second-order valence-corrected chi connectivity index (χ2v) is 5.28. The van der Waals surface area contributed by atoms with Crippen LogP contribution in [0.5, 0.6) is 5.75 Å². The van der Waals surface area contributed by atoms with Gasteiger partial charge in [-0.15, -0.1) is 0 Å². The van der Waals surface area contributed by atoms with Crippen molar-refractivity contribution in [1.82, 2.24) is 0 Å².